The van der Waals surface area contributed by atoms with E-state index in [0.717, 1.165) is 5.56 Å². The number of benzene rings is 2. The van der Waals surface area contributed by atoms with Gasteiger partial charge in [-0.2, -0.15) is 5.26 Å². The molecule has 4 nitrogen and oxygen atoms in total. The summed E-state index contributed by atoms with van der Waals surface area (Å²) >= 11 is 5.84. The Morgan fingerprint density at radius 1 is 1.30 bits per heavy atom. The molecule has 100 valence electrons. The Morgan fingerprint density at radius 2 is 2.10 bits per heavy atom. The average Bonchev–Trinajstić information content (AvgIpc) is 2.46. The lowest BCUT2D eigenvalue weighted by Gasteiger charge is -2.09. The molecule has 0 aliphatic rings. The van der Waals surface area contributed by atoms with Crippen molar-refractivity contribution in [3.05, 3.63) is 64.2 Å². The van der Waals surface area contributed by atoms with Crippen molar-refractivity contribution in [2.75, 3.05) is 5.32 Å². The number of hydrogen-bond acceptors (Lipinski definition) is 3. The van der Waals surface area contributed by atoms with Gasteiger partial charge >= 0.3 is 0 Å². The molecule has 0 spiro atoms. The number of nitrogens with one attached hydrogen (secondary N) is 1. The third-order valence-corrected chi connectivity index (χ3v) is 3.03. The minimum Gasteiger partial charge on any atom is -0.380 e. The first-order valence-electron chi connectivity index (χ1n) is 5.92. The van der Waals surface area contributed by atoms with Crippen LogP contribution in [0.5, 0.6) is 0 Å². The Labute approximate surface area is 121 Å². The lowest BCUT2D eigenvalue weighted by atomic mass is 10.1. The largest absolute Gasteiger partial charge is 0.380 e. The normalized spacial score (nSPS) is 9.80. The van der Waals surface area contributed by atoms with Crippen LogP contribution in [0.25, 0.3) is 0 Å². The fraction of sp³-hybridized carbons (Fsp3) is 0.0667. The van der Waals surface area contributed by atoms with Gasteiger partial charge in [-0.05, 0) is 35.9 Å². The van der Waals surface area contributed by atoms with Crippen LogP contribution in [0.3, 0.4) is 0 Å². The summed E-state index contributed by atoms with van der Waals surface area (Å²) in [6, 6.07) is 14.2. The highest BCUT2D eigenvalue weighted by atomic mass is 35.5. The Balaban J connectivity index is 2.15. The zero-order chi connectivity index (χ0) is 14.5. The van der Waals surface area contributed by atoms with Crippen LogP contribution in [0, 0.1) is 11.3 Å². The van der Waals surface area contributed by atoms with Crippen LogP contribution in [-0.2, 0) is 6.54 Å². The molecular formula is C15H12ClN3O. The predicted octanol–water partition coefficient (Wildman–Crippen LogP) is 2.92. The Morgan fingerprint density at radius 3 is 2.80 bits per heavy atom. The molecule has 0 bridgehead atoms. The number of halogens is 1. The van der Waals surface area contributed by atoms with Gasteiger partial charge in [-0.3, -0.25) is 4.79 Å². The molecule has 0 radical (unpaired) electrons. The quantitative estimate of drug-likeness (QED) is 0.906. The molecule has 20 heavy (non-hydrogen) atoms. The summed E-state index contributed by atoms with van der Waals surface area (Å²) in [5, 5.41) is 12.7. The Bertz CT molecular complexity index is 692. The molecule has 0 aromatic heterocycles. The van der Waals surface area contributed by atoms with Crippen molar-refractivity contribution in [3.8, 4) is 6.07 Å². The number of carbonyl (C=O) groups excluding carboxylic acids is 1. The van der Waals surface area contributed by atoms with Crippen molar-refractivity contribution >= 4 is 23.2 Å². The van der Waals surface area contributed by atoms with E-state index in [0.29, 0.717) is 28.4 Å². The molecule has 5 heteroatoms. The van der Waals surface area contributed by atoms with Crippen molar-refractivity contribution in [3.63, 3.8) is 0 Å². The van der Waals surface area contributed by atoms with E-state index < -0.39 is 5.91 Å². The van der Waals surface area contributed by atoms with E-state index >= 15 is 0 Å². The third kappa shape index (κ3) is 3.28. The summed E-state index contributed by atoms with van der Waals surface area (Å²) in [5.74, 6) is -0.462. The number of nitrogens with zero attached hydrogens (tertiary/aromatic N) is 1. The van der Waals surface area contributed by atoms with Crippen molar-refractivity contribution in [2.24, 2.45) is 5.73 Å². The van der Waals surface area contributed by atoms with E-state index in [-0.39, 0.29) is 0 Å². The second-order valence-corrected chi connectivity index (χ2v) is 4.66. The van der Waals surface area contributed by atoms with E-state index in [1.54, 1.807) is 36.4 Å². The maximum absolute atomic E-state index is 11.1. The maximum Gasteiger partial charge on any atom is 0.248 e. The van der Waals surface area contributed by atoms with Gasteiger partial charge in [-0.1, -0.05) is 23.7 Å². The molecule has 0 fully saturated rings. The Kier molecular flexibility index (Phi) is 4.24. The molecule has 0 unspecified atom stereocenters. The van der Waals surface area contributed by atoms with Crippen molar-refractivity contribution in [1.82, 2.24) is 0 Å². The molecule has 2 rings (SSSR count). The summed E-state index contributed by atoms with van der Waals surface area (Å²) in [4.78, 5) is 11.1. The van der Waals surface area contributed by atoms with Crippen LogP contribution >= 0.6 is 11.6 Å². The van der Waals surface area contributed by atoms with Crippen LogP contribution in [0.1, 0.15) is 21.5 Å². The number of rotatable bonds is 4. The zero-order valence-electron chi connectivity index (χ0n) is 10.6. The fourth-order valence-electron chi connectivity index (χ4n) is 1.79. The first kappa shape index (κ1) is 13.9. The third-order valence-electron chi connectivity index (χ3n) is 2.80. The van der Waals surface area contributed by atoms with E-state index in [2.05, 4.69) is 11.4 Å². The second kappa shape index (κ2) is 6.09. The molecule has 3 N–H and O–H groups in total. The minimum absolute atomic E-state index is 0.459. The zero-order valence-corrected chi connectivity index (χ0v) is 11.3. The van der Waals surface area contributed by atoms with Crippen molar-refractivity contribution in [2.45, 2.75) is 6.54 Å². The van der Waals surface area contributed by atoms with Gasteiger partial charge in [-0.15, -0.1) is 0 Å². The van der Waals surface area contributed by atoms with Gasteiger partial charge in [-0.25, -0.2) is 0 Å². The molecule has 0 aliphatic carbocycles. The van der Waals surface area contributed by atoms with Crippen LogP contribution < -0.4 is 11.1 Å². The first-order valence-corrected chi connectivity index (χ1v) is 6.30. The van der Waals surface area contributed by atoms with Gasteiger partial charge in [0.05, 0.1) is 11.3 Å². The number of carbonyl (C=O) groups is 1. The van der Waals surface area contributed by atoms with Gasteiger partial charge < -0.3 is 11.1 Å². The molecule has 2 aromatic rings. The maximum atomic E-state index is 11.1. The van der Waals surface area contributed by atoms with Gasteiger partial charge in [0, 0.05) is 17.1 Å². The molecule has 2 aromatic carbocycles. The lowest BCUT2D eigenvalue weighted by Crippen LogP contribution is -2.11. The van der Waals surface area contributed by atoms with Crippen LogP contribution in [0.2, 0.25) is 5.02 Å². The number of anilines is 1. The predicted molar refractivity (Wildman–Crippen MR) is 78.5 cm³/mol. The second-order valence-electron chi connectivity index (χ2n) is 4.22. The monoisotopic (exact) mass is 285 g/mol. The van der Waals surface area contributed by atoms with E-state index in [4.69, 9.17) is 22.6 Å². The topological polar surface area (TPSA) is 78.9 Å². The average molecular weight is 286 g/mol. The standard InChI is InChI=1S/C15H12ClN3O/c16-13-4-5-14(12(7-13)8-17)19-9-10-2-1-3-11(6-10)15(18)20/h1-7,19H,9H2,(H2,18,20). The van der Waals surface area contributed by atoms with E-state index in [1.807, 2.05) is 6.07 Å². The van der Waals surface area contributed by atoms with Gasteiger partial charge in [0.25, 0.3) is 0 Å². The molecule has 0 heterocycles. The molecule has 0 saturated heterocycles. The van der Waals surface area contributed by atoms with Gasteiger partial charge in [0.1, 0.15) is 6.07 Å². The number of amides is 1. The van der Waals surface area contributed by atoms with Gasteiger partial charge in [0.2, 0.25) is 5.91 Å². The molecule has 0 aliphatic heterocycles. The SMILES string of the molecule is N#Cc1cc(Cl)ccc1NCc1cccc(C(N)=O)c1. The van der Waals surface area contributed by atoms with E-state index in [1.165, 1.54) is 0 Å². The summed E-state index contributed by atoms with van der Waals surface area (Å²) in [6.07, 6.45) is 0. The summed E-state index contributed by atoms with van der Waals surface area (Å²) in [6.45, 7) is 0.484. The van der Waals surface area contributed by atoms with Gasteiger partial charge in [0.15, 0.2) is 0 Å². The van der Waals surface area contributed by atoms with Crippen molar-refractivity contribution in [1.29, 1.82) is 5.26 Å². The summed E-state index contributed by atoms with van der Waals surface area (Å²) < 4.78 is 0. The van der Waals surface area contributed by atoms with Crippen LogP contribution in [0.15, 0.2) is 42.5 Å². The highest BCUT2D eigenvalue weighted by Gasteiger charge is 2.04. The molecular weight excluding hydrogens is 274 g/mol. The first-order chi connectivity index (χ1) is 9.60. The number of nitriles is 1. The molecule has 1 amide bonds. The minimum atomic E-state index is -0.462. The summed E-state index contributed by atoms with van der Waals surface area (Å²) in [5.41, 5.74) is 7.77. The number of nitrogens with two attached hydrogens (primary N) is 1. The number of hydrogen-bond donors (Lipinski definition) is 2. The lowest BCUT2D eigenvalue weighted by molar-refractivity contribution is 0.1000. The highest BCUT2D eigenvalue weighted by molar-refractivity contribution is 6.30. The van der Waals surface area contributed by atoms with Crippen LogP contribution in [0.4, 0.5) is 5.69 Å². The smallest absolute Gasteiger partial charge is 0.248 e. The van der Waals surface area contributed by atoms with E-state index in [9.17, 15) is 4.79 Å². The highest BCUT2D eigenvalue weighted by Crippen LogP contribution is 2.20. The Hall–Kier alpha value is -2.51. The summed E-state index contributed by atoms with van der Waals surface area (Å²) in [7, 11) is 0. The number of primary amides is 1. The van der Waals surface area contributed by atoms with Crippen molar-refractivity contribution < 1.29 is 4.79 Å². The molecule has 0 atom stereocenters. The van der Waals surface area contributed by atoms with Crippen LogP contribution in [-0.4, -0.2) is 5.91 Å². The molecule has 0 saturated carbocycles. The fourth-order valence-corrected chi connectivity index (χ4v) is 1.97.